The van der Waals surface area contributed by atoms with Crippen molar-refractivity contribution in [3.63, 3.8) is 0 Å². The quantitative estimate of drug-likeness (QED) is 0.922. The van der Waals surface area contributed by atoms with Gasteiger partial charge in [-0.1, -0.05) is 31.1 Å². The fourth-order valence-electron chi connectivity index (χ4n) is 3.86. The molecule has 1 unspecified atom stereocenters. The van der Waals surface area contributed by atoms with E-state index in [0.29, 0.717) is 19.1 Å². The predicted octanol–water partition coefficient (Wildman–Crippen LogP) is 3.01. The van der Waals surface area contributed by atoms with Gasteiger partial charge in [-0.3, -0.25) is 4.79 Å². The maximum Gasteiger partial charge on any atom is 0.267 e. The number of amides is 1. The van der Waals surface area contributed by atoms with E-state index < -0.39 is 0 Å². The SMILES string of the molecule is Nc1ncnc2c1C(=O)N(c1ccc3c(c1)C=CC3CC1CC1)CCO2. The summed E-state index contributed by atoms with van der Waals surface area (Å²) in [5.41, 5.74) is 9.57. The molecular formula is C20H20N4O2. The van der Waals surface area contributed by atoms with Crippen LogP contribution < -0.4 is 15.4 Å². The zero-order valence-electron chi connectivity index (χ0n) is 14.4. The maximum atomic E-state index is 13.0. The lowest BCUT2D eigenvalue weighted by molar-refractivity contribution is 0.0990. The van der Waals surface area contributed by atoms with Gasteiger partial charge in [0.25, 0.3) is 5.91 Å². The molecule has 0 bridgehead atoms. The number of ether oxygens (including phenoxy) is 1. The summed E-state index contributed by atoms with van der Waals surface area (Å²) in [6.07, 6.45) is 9.75. The molecule has 1 aliphatic heterocycles. The molecule has 6 nitrogen and oxygen atoms in total. The molecule has 0 spiro atoms. The van der Waals surface area contributed by atoms with Gasteiger partial charge in [-0.25, -0.2) is 9.97 Å². The number of benzene rings is 1. The number of nitrogens with two attached hydrogens (primary N) is 1. The van der Waals surface area contributed by atoms with Gasteiger partial charge in [0.2, 0.25) is 5.88 Å². The van der Waals surface area contributed by atoms with Gasteiger partial charge in [0, 0.05) is 11.6 Å². The van der Waals surface area contributed by atoms with Gasteiger partial charge in [-0.15, -0.1) is 0 Å². The number of hydrogen-bond acceptors (Lipinski definition) is 5. The first-order valence-corrected chi connectivity index (χ1v) is 9.08. The van der Waals surface area contributed by atoms with Crippen molar-refractivity contribution in [2.45, 2.75) is 25.2 Å². The highest BCUT2D eigenvalue weighted by molar-refractivity contribution is 6.10. The van der Waals surface area contributed by atoms with Crippen molar-refractivity contribution in [2.75, 3.05) is 23.8 Å². The number of nitrogen functional groups attached to an aromatic ring is 1. The maximum absolute atomic E-state index is 13.0. The van der Waals surface area contributed by atoms with E-state index in [-0.39, 0.29) is 23.2 Å². The van der Waals surface area contributed by atoms with E-state index in [0.717, 1.165) is 11.6 Å². The summed E-state index contributed by atoms with van der Waals surface area (Å²) in [6.45, 7) is 0.815. The van der Waals surface area contributed by atoms with Crippen molar-refractivity contribution in [1.29, 1.82) is 0 Å². The van der Waals surface area contributed by atoms with Crippen molar-refractivity contribution in [3.8, 4) is 5.88 Å². The Morgan fingerprint density at radius 1 is 1.27 bits per heavy atom. The van der Waals surface area contributed by atoms with Gasteiger partial charge < -0.3 is 15.4 Å². The number of allylic oxidation sites excluding steroid dienone is 1. The molecule has 2 N–H and O–H groups in total. The van der Waals surface area contributed by atoms with Crippen LogP contribution in [0.25, 0.3) is 6.08 Å². The van der Waals surface area contributed by atoms with Crippen LogP contribution in [0.15, 0.2) is 30.6 Å². The minimum Gasteiger partial charge on any atom is -0.475 e. The second kappa shape index (κ2) is 5.83. The molecular weight excluding hydrogens is 328 g/mol. The van der Waals surface area contributed by atoms with E-state index in [4.69, 9.17) is 10.5 Å². The van der Waals surface area contributed by atoms with Gasteiger partial charge in [-0.2, -0.15) is 0 Å². The second-order valence-electron chi connectivity index (χ2n) is 7.20. The number of anilines is 2. The lowest BCUT2D eigenvalue weighted by Crippen LogP contribution is -2.32. The number of carbonyl (C=O) groups excluding carboxylic acids is 1. The normalized spacial score (nSPS) is 21.2. The van der Waals surface area contributed by atoms with Gasteiger partial charge in [0.05, 0.1) is 6.54 Å². The zero-order valence-corrected chi connectivity index (χ0v) is 14.4. The van der Waals surface area contributed by atoms with Gasteiger partial charge in [0.15, 0.2) is 0 Å². The van der Waals surface area contributed by atoms with Crippen LogP contribution in [-0.2, 0) is 0 Å². The molecule has 1 atom stereocenters. The Hall–Kier alpha value is -2.89. The first-order valence-electron chi connectivity index (χ1n) is 9.08. The van der Waals surface area contributed by atoms with E-state index in [1.807, 2.05) is 6.07 Å². The molecule has 132 valence electrons. The topological polar surface area (TPSA) is 81.3 Å². The highest BCUT2D eigenvalue weighted by atomic mass is 16.5. The van der Waals surface area contributed by atoms with Gasteiger partial charge in [0.1, 0.15) is 24.3 Å². The molecule has 2 heterocycles. The number of rotatable bonds is 3. The lowest BCUT2D eigenvalue weighted by atomic mass is 9.95. The molecule has 1 fully saturated rings. The van der Waals surface area contributed by atoms with Crippen LogP contribution in [0.4, 0.5) is 11.5 Å². The van der Waals surface area contributed by atoms with Crippen molar-refractivity contribution in [1.82, 2.24) is 9.97 Å². The molecule has 26 heavy (non-hydrogen) atoms. The Balaban J connectivity index is 1.47. The Morgan fingerprint density at radius 2 is 2.15 bits per heavy atom. The van der Waals surface area contributed by atoms with Gasteiger partial charge >= 0.3 is 0 Å². The van der Waals surface area contributed by atoms with Crippen LogP contribution in [0.2, 0.25) is 0 Å². The van der Waals surface area contributed by atoms with E-state index in [1.165, 1.54) is 36.7 Å². The molecule has 1 aromatic carbocycles. The summed E-state index contributed by atoms with van der Waals surface area (Å²) < 4.78 is 5.60. The summed E-state index contributed by atoms with van der Waals surface area (Å²) in [5, 5.41) is 0. The monoisotopic (exact) mass is 348 g/mol. The Bertz CT molecular complexity index is 920. The molecule has 1 amide bonds. The molecule has 0 saturated heterocycles. The first-order chi connectivity index (χ1) is 12.7. The molecule has 2 aromatic rings. The average molecular weight is 348 g/mol. The van der Waals surface area contributed by atoms with Crippen molar-refractivity contribution in [3.05, 3.63) is 47.3 Å². The standard InChI is InChI=1S/C20H20N4O2/c21-18-17-19(23-11-22-18)26-8-7-24(20(17)25)15-5-6-16-13(9-12-1-2-12)3-4-14(16)10-15/h3-6,10-13H,1-2,7-9H2,(H2,21,22,23). The van der Waals surface area contributed by atoms with Crippen LogP contribution >= 0.6 is 0 Å². The van der Waals surface area contributed by atoms with Crippen LogP contribution in [0.3, 0.4) is 0 Å². The smallest absolute Gasteiger partial charge is 0.267 e. The number of hydrogen-bond donors (Lipinski definition) is 1. The molecule has 1 aromatic heterocycles. The Labute approximate surface area is 151 Å². The molecule has 5 rings (SSSR count). The molecule has 0 radical (unpaired) electrons. The highest BCUT2D eigenvalue weighted by Crippen LogP contribution is 2.43. The third kappa shape index (κ3) is 2.53. The van der Waals surface area contributed by atoms with Crippen LogP contribution in [-0.4, -0.2) is 29.0 Å². The van der Waals surface area contributed by atoms with Crippen LogP contribution in [0.5, 0.6) is 5.88 Å². The first kappa shape index (κ1) is 15.4. The Morgan fingerprint density at radius 3 is 3.00 bits per heavy atom. The average Bonchev–Trinajstić information content (AvgIpc) is 3.39. The molecule has 1 saturated carbocycles. The number of fused-ring (bicyclic) bond motifs is 2. The second-order valence-corrected chi connectivity index (χ2v) is 7.20. The van der Waals surface area contributed by atoms with Crippen molar-refractivity contribution >= 4 is 23.5 Å². The van der Waals surface area contributed by atoms with E-state index in [9.17, 15) is 4.79 Å². The predicted molar refractivity (Wildman–Crippen MR) is 99.2 cm³/mol. The van der Waals surface area contributed by atoms with Crippen molar-refractivity contribution < 1.29 is 9.53 Å². The minimum absolute atomic E-state index is 0.150. The summed E-state index contributed by atoms with van der Waals surface area (Å²) in [7, 11) is 0. The van der Waals surface area contributed by atoms with E-state index in [2.05, 4.69) is 34.3 Å². The third-order valence-electron chi connectivity index (χ3n) is 5.43. The summed E-state index contributed by atoms with van der Waals surface area (Å²) in [4.78, 5) is 22.7. The van der Waals surface area contributed by atoms with E-state index in [1.54, 1.807) is 4.90 Å². The van der Waals surface area contributed by atoms with Crippen LogP contribution in [0, 0.1) is 5.92 Å². The highest BCUT2D eigenvalue weighted by Gasteiger charge is 2.31. The zero-order chi connectivity index (χ0) is 17.7. The lowest BCUT2D eigenvalue weighted by Gasteiger charge is -2.21. The molecule has 2 aliphatic carbocycles. The summed E-state index contributed by atoms with van der Waals surface area (Å²) in [6, 6.07) is 6.26. The summed E-state index contributed by atoms with van der Waals surface area (Å²) in [5.74, 6) is 1.60. The Kier molecular flexibility index (Phi) is 3.45. The fraction of sp³-hybridized carbons (Fsp3) is 0.350. The van der Waals surface area contributed by atoms with E-state index >= 15 is 0 Å². The van der Waals surface area contributed by atoms with Crippen molar-refractivity contribution in [2.24, 2.45) is 5.92 Å². The van der Waals surface area contributed by atoms with Crippen LogP contribution in [0.1, 0.15) is 46.7 Å². The van der Waals surface area contributed by atoms with Gasteiger partial charge in [-0.05, 0) is 35.6 Å². The molecule has 3 aliphatic rings. The number of carbonyl (C=O) groups is 1. The summed E-state index contributed by atoms with van der Waals surface area (Å²) >= 11 is 0. The number of nitrogens with zero attached hydrogens (tertiary/aromatic N) is 3. The fourth-order valence-corrected chi connectivity index (χ4v) is 3.86. The third-order valence-corrected chi connectivity index (χ3v) is 5.43. The minimum atomic E-state index is -0.216. The largest absolute Gasteiger partial charge is 0.475 e. The molecule has 6 heteroatoms. The number of aromatic nitrogens is 2.